The summed E-state index contributed by atoms with van der Waals surface area (Å²) in [5.74, 6) is 1.60. The fourth-order valence-corrected chi connectivity index (χ4v) is 1.64. The first-order valence-electron chi connectivity index (χ1n) is 5.89. The van der Waals surface area contributed by atoms with Crippen LogP contribution in [0.3, 0.4) is 0 Å². The van der Waals surface area contributed by atoms with Crippen molar-refractivity contribution in [2.24, 2.45) is 0 Å². The zero-order chi connectivity index (χ0) is 13.0. The van der Waals surface area contributed by atoms with Gasteiger partial charge in [-0.15, -0.1) is 0 Å². The summed E-state index contributed by atoms with van der Waals surface area (Å²) in [6.45, 7) is 4.11. The summed E-state index contributed by atoms with van der Waals surface area (Å²) in [7, 11) is 0. The molecular weight excluding hydrogens is 228 g/mol. The van der Waals surface area contributed by atoms with Gasteiger partial charge in [0.05, 0.1) is 24.7 Å². The largest absolute Gasteiger partial charge is 0.437 e. The number of aliphatic hydroxyl groups is 1. The Morgan fingerprint density at radius 3 is 2.56 bits per heavy atom. The Morgan fingerprint density at radius 2 is 1.94 bits per heavy atom. The summed E-state index contributed by atoms with van der Waals surface area (Å²) in [6, 6.07) is 7.87. The molecule has 0 saturated carbocycles. The van der Waals surface area contributed by atoms with E-state index in [0.717, 1.165) is 11.3 Å². The molecule has 0 unspecified atom stereocenters. The zero-order valence-electron chi connectivity index (χ0n) is 10.5. The Morgan fingerprint density at radius 1 is 1.17 bits per heavy atom. The molecule has 2 rings (SSSR count). The molecule has 2 aromatic rings. The summed E-state index contributed by atoms with van der Waals surface area (Å²) in [5, 5.41) is 8.89. The van der Waals surface area contributed by atoms with E-state index in [2.05, 4.69) is 23.8 Å². The van der Waals surface area contributed by atoms with Crippen LogP contribution in [0.2, 0.25) is 0 Å². The average molecular weight is 244 g/mol. The fraction of sp³-hybridized carbons (Fsp3) is 0.286. The van der Waals surface area contributed by atoms with Crippen LogP contribution >= 0.6 is 0 Å². The molecule has 1 N–H and O–H groups in total. The first kappa shape index (κ1) is 12.5. The second-order valence-electron chi connectivity index (χ2n) is 4.30. The molecule has 0 amide bonds. The molecule has 94 valence electrons. The topological polar surface area (TPSA) is 55.2 Å². The molecule has 4 nitrogen and oxygen atoms in total. The van der Waals surface area contributed by atoms with Crippen LogP contribution in [0.5, 0.6) is 11.6 Å². The number of aliphatic hydroxyl groups excluding tert-OH is 1. The number of nitrogens with zero attached hydrogens (tertiary/aromatic N) is 2. The van der Waals surface area contributed by atoms with Gasteiger partial charge in [0, 0.05) is 0 Å². The van der Waals surface area contributed by atoms with Gasteiger partial charge in [-0.2, -0.15) is 0 Å². The number of rotatable bonds is 4. The van der Waals surface area contributed by atoms with E-state index in [4.69, 9.17) is 9.84 Å². The van der Waals surface area contributed by atoms with Crippen molar-refractivity contribution < 1.29 is 9.84 Å². The van der Waals surface area contributed by atoms with Crippen LogP contribution in [0.25, 0.3) is 0 Å². The lowest BCUT2D eigenvalue weighted by Crippen LogP contribution is -1.97. The first-order valence-corrected chi connectivity index (χ1v) is 5.89. The summed E-state index contributed by atoms with van der Waals surface area (Å²) >= 11 is 0. The van der Waals surface area contributed by atoms with Crippen molar-refractivity contribution in [1.29, 1.82) is 0 Å². The highest BCUT2D eigenvalue weighted by atomic mass is 16.5. The van der Waals surface area contributed by atoms with Crippen LogP contribution in [0.1, 0.15) is 31.0 Å². The van der Waals surface area contributed by atoms with Crippen LogP contribution in [-0.2, 0) is 6.61 Å². The summed E-state index contributed by atoms with van der Waals surface area (Å²) in [5.41, 5.74) is 1.66. The van der Waals surface area contributed by atoms with E-state index in [1.165, 1.54) is 12.4 Å². The third-order valence-electron chi connectivity index (χ3n) is 2.60. The fourth-order valence-electron chi connectivity index (χ4n) is 1.64. The highest BCUT2D eigenvalue weighted by Gasteiger charge is 2.08. The number of hydrogen-bond donors (Lipinski definition) is 1. The molecule has 0 saturated heterocycles. The molecule has 0 atom stereocenters. The Balaban J connectivity index is 2.22. The lowest BCUT2D eigenvalue weighted by atomic mass is 10.0. The number of para-hydroxylation sites is 1. The van der Waals surface area contributed by atoms with Crippen LogP contribution < -0.4 is 4.74 Å². The smallest absolute Gasteiger partial charge is 0.237 e. The van der Waals surface area contributed by atoms with Crippen LogP contribution in [0.4, 0.5) is 0 Å². The number of aromatic nitrogens is 2. The van der Waals surface area contributed by atoms with Gasteiger partial charge in [-0.25, -0.2) is 4.98 Å². The van der Waals surface area contributed by atoms with Crippen molar-refractivity contribution in [2.45, 2.75) is 26.4 Å². The van der Waals surface area contributed by atoms with Gasteiger partial charge in [-0.1, -0.05) is 32.0 Å². The maximum atomic E-state index is 8.89. The molecule has 0 fully saturated rings. The average Bonchev–Trinajstić information content (AvgIpc) is 2.40. The van der Waals surface area contributed by atoms with Gasteiger partial charge in [-0.3, -0.25) is 4.98 Å². The second-order valence-corrected chi connectivity index (χ2v) is 4.30. The van der Waals surface area contributed by atoms with Gasteiger partial charge >= 0.3 is 0 Å². The molecule has 18 heavy (non-hydrogen) atoms. The molecule has 0 spiro atoms. The minimum atomic E-state index is -0.115. The Hall–Kier alpha value is -1.94. The lowest BCUT2D eigenvalue weighted by Gasteiger charge is -2.12. The van der Waals surface area contributed by atoms with E-state index in [1.807, 2.05) is 24.3 Å². The SMILES string of the molecule is CC(C)c1ccccc1Oc1cnc(CO)cn1. The van der Waals surface area contributed by atoms with Crippen LogP contribution in [0.15, 0.2) is 36.7 Å². The van der Waals surface area contributed by atoms with Crippen molar-refractivity contribution in [2.75, 3.05) is 0 Å². The lowest BCUT2D eigenvalue weighted by molar-refractivity contribution is 0.276. The number of benzene rings is 1. The van der Waals surface area contributed by atoms with E-state index in [9.17, 15) is 0 Å². The van der Waals surface area contributed by atoms with Crippen molar-refractivity contribution in [3.05, 3.63) is 47.9 Å². The van der Waals surface area contributed by atoms with E-state index < -0.39 is 0 Å². The molecule has 1 aromatic carbocycles. The molecular formula is C14H16N2O2. The standard InChI is InChI=1S/C14H16N2O2/c1-10(2)12-5-3-4-6-13(12)18-14-8-15-11(9-17)7-16-14/h3-8,10,17H,9H2,1-2H3. The maximum Gasteiger partial charge on any atom is 0.237 e. The van der Waals surface area contributed by atoms with Gasteiger partial charge in [0.15, 0.2) is 0 Å². The predicted octanol–water partition coefficient (Wildman–Crippen LogP) is 2.88. The molecule has 0 aliphatic rings. The van der Waals surface area contributed by atoms with Gasteiger partial charge in [0.1, 0.15) is 5.75 Å². The van der Waals surface area contributed by atoms with E-state index in [1.54, 1.807) is 0 Å². The molecule has 0 aliphatic carbocycles. The Kier molecular flexibility index (Phi) is 3.89. The van der Waals surface area contributed by atoms with E-state index in [0.29, 0.717) is 17.5 Å². The van der Waals surface area contributed by atoms with Crippen LogP contribution in [0, 0.1) is 0 Å². The summed E-state index contributed by atoms with van der Waals surface area (Å²) in [6.07, 6.45) is 3.02. The quantitative estimate of drug-likeness (QED) is 0.898. The monoisotopic (exact) mass is 244 g/mol. The van der Waals surface area contributed by atoms with Crippen molar-refractivity contribution in [1.82, 2.24) is 9.97 Å². The van der Waals surface area contributed by atoms with Crippen molar-refractivity contribution in [3.63, 3.8) is 0 Å². The minimum Gasteiger partial charge on any atom is -0.437 e. The molecule has 1 heterocycles. The second kappa shape index (κ2) is 5.60. The molecule has 1 aromatic heterocycles. The predicted molar refractivity (Wildman–Crippen MR) is 68.6 cm³/mol. The third kappa shape index (κ3) is 2.84. The van der Waals surface area contributed by atoms with Crippen LogP contribution in [-0.4, -0.2) is 15.1 Å². The number of ether oxygens (including phenoxy) is 1. The van der Waals surface area contributed by atoms with E-state index in [-0.39, 0.29) is 6.61 Å². The minimum absolute atomic E-state index is 0.115. The van der Waals surface area contributed by atoms with Gasteiger partial charge in [0.25, 0.3) is 0 Å². The van der Waals surface area contributed by atoms with Gasteiger partial charge in [0.2, 0.25) is 5.88 Å². The molecule has 0 bridgehead atoms. The zero-order valence-corrected chi connectivity index (χ0v) is 10.5. The Bertz CT molecular complexity index is 509. The highest BCUT2D eigenvalue weighted by molar-refractivity contribution is 5.37. The summed E-state index contributed by atoms with van der Waals surface area (Å²) < 4.78 is 5.72. The Labute approximate surface area is 106 Å². The van der Waals surface area contributed by atoms with E-state index >= 15 is 0 Å². The summed E-state index contributed by atoms with van der Waals surface area (Å²) in [4.78, 5) is 8.13. The maximum absolute atomic E-state index is 8.89. The highest BCUT2D eigenvalue weighted by Crippen LogP contribution is 2.28. The molecule has 0 aliphatic heterocycles. The normalized spacial score (nSPS) is 10.7. The first-order chi connectivity index (χ1) is 8.70. The number of hydrogen-bond acceptors (Lipinski definition) is 4. The molecule has 4 heteroatoms. The van der Waals surface area contributed by atoms with Crippen molar-refractivity contribution in [3.8, 4) is 11.6 Å². The van der Waals surface area contributed by atoms with Crippen molar-refractivity contribution >= 4 is 0 Å². The molecule has 0 radical (unpaired) electrons. The van der Waals surface area contributed by atoms with Gasteiger partial charge < -0.3 is 9.84 Å². The third-order valence-corrected chi connectivity index (χ3v) is 2.60. The van der Waals surface area contributed by atoms with Gasteiger partial charge in [-0.05, 0) is 17.5 Å².